The van der Waals surface area contributed by atoms with Gasteiger partial charge in [0.05, 0.1) is 23.4 Å². The Morgan fingerprint density at radius 3 is 2.54 bits per heavy atom. The van der Waals surface area contributed by atoms with Crippen LogP contribution >= 0.6 is 0 Å². The monoisotopic (exact) mass is 535 g/mol. The van der Waals surface area contributed by atoms with Crippen LogP contribution in [0, 0.1) is 0 Å². The topological polar surface area (TPSA) is 117 Å². The molecule has 0 bridgehead atoms. The van der Waals surface area contributed by atoms with Crippen molar-refractivity contribution in [2.24, 2.45) is 0 Å². The molecule has 0 saturated heterocycles. The van der Waals surface area contributed by atoms with Gasteiger partial charge in [-0.3, -0.25) is 4.79 Å². The van der Waals surface area contributed by atoms with Gasteiger partial charge in [-0.05, 0) is 77.6 Å². The molecule has 4 rings (SSSR count). The van der Waals surface area contributed by atoms with Crippen molar-refractivity contribution in [1.29, 1.82) is 0 Å². The fourth-order valence-corrected chi connectivity index (χ4v) is 5.38. The first kappa shape index (κ1) is 28.2. The van der Waals surface area contributed by atoms with Gasteiger partial charge in [0, 0.05) is 24.7 Å². The van der Waals surface area contributed by atoms with Gasteiger partial charge in [0.2, 0.25) is 0 Å². The van der Waals surface area contributed by atoms with Crippen molar-refractivity contribution in [3.05, 3.63) is 69.8 Å². The number of hydrogen-bond acceptors (Lipinski definition) is 6. The molecule has 0 spiro atoms. The third-order valence-corrected chi connectivity index (χ3v) is 7.68. The molecule has 8 nitrogen and oxygen atoms in total. The van der Waals surface area contributed by atoms with Crippen molar-refractivity contribution >= 4 is 17.6 Å². The van der Waals surface area contributed by atoms with E-state index >= 15 is 0 Å². The Hall–Kier alpha value is -3.78. The van der Waals surface area contributed by atoms with Gasteiger partial charge < -0.3 is 29.7 Å². The predicted molar refractivity (Wildman–Crippen MR) is 149 cm³/mol. The number of methoxy groups -OCH3 is 1. The van der Waals surface area contributed by atoms with Crippen LogP contribution in [-0.4, -0.2) is 46.0 Å². The van der Waals surface area contributed by atoms with E-state index in [-0.39, 0.29) is 41.0 Å². The Balaban J connectivity index is 1.62. The maximum Gasteiger partial charge on any atom is 0.335 e. The molecular formula is C31H37NO7. The highest BCUT2D eigenvalue weighted by Crippen LogP contribution is 2.48. The van der Waals surface area contributed by atoms with Crippen molar-refractivity contribution < 1.29 is 34.4 Å². The second kappa shape index (κ2) is 11.1. The Morgan fingerprint density at radius 2 is 1.87 bits per heavy atom. The number of benzene rings is 2. The minimum absolute atomic E-state index is 0.0487. The minimum atomic E-state index is -1.17. The van der Waals surface area contributed by atoms with E-state index in [0.29, 0.717) is 29.7 Å². The largest absolute Gasteiger partial charge is 0.508 e. The number of hydrogen-bond donors (Lipinski definition) is 3. The predicted octanol–water partition coefficient (Wildman–Crippen LogP) is 6.14. The molecule has 2 aromatic carbocycles. The van der Waals surface area contributed by atoms with Crippen LogP contribution in [0.4, 0.5) is 5.69 Å². The van der Waals surface area contributed by atoms with Gasteiger partial charge in [0.1, 0.15) is 29.0 Å². The lowest BCUT2D eigenvalue weighted by Gasteiger charge is -2.42. The molecule has 0 unspecified atom stereocenters. The van der Waals surface area contributed by atoms with Crippen LogP contribution in [0.2, 0.25) is 0 Å². The van der Waals surface area contributed by atoms with Gasteiger partial charge in [-0.15, -0.1) is 0 Å². The summed E-state index contributed by atoms with van der Waals surface area (Å²) >= 11 is 0. The molecule has 2 aliphatic rings. The SMILES string of the molecule is CO[C@H]1Cc2c(O)cc3c(c2O[C@@]1(C)CC/C=C(\C)CCC=C(C)C)CN(c1cc(C(=O)O)ccc1O)C3=O. The van der Waals surface area contributed by atoms with E-state index in [4.69, 9.17) is 9.47 Å². The van der Waals surface area contributed by atoms with E-state index in [1.807, 2.05) is 6.92 Å². The van der Waals surface area contributed by atoms with Crippen LogP contribution in [0.5, 0.6) is 17.2 Å². The van der Waals surface area contributed by atoms with Crippen LogP contribution in [0.3, 0.4) is 0 Å². The molecule has 0 aromatic heterocycles. The van der Waals surface area contributed by atoms with Gasteiger partial charge in [-0.1, -0.05) is 23.3 Å². The number of carboxylic acid groups (broad SMARTS) is 1. The zero-order valence-electron chi connectivity index (χ0n) is 23.2. The fourth-order valence-electron chi connectivity index (χ4n) is 5.38. The Morgan fingerprint density at radius 1 is 1.13 bits per heavy atom. The molecule has 2 aliphatic heterocycles. The van der Waals surface area contributed by atoms with E-state index in [9.17, 15) is 24.9 Å². The summed E-state index contributed by atoms with van der Waals surface area (Å²) in [6.45, 7) is 8.39. The smallest absolute Gasteiger partial charge is 0.335 e. The molecule has 8 heteroatoms. The Bertz CT molecular complexity index is 1360. The third-order valence-electron chi connectivity index (χ3n) is 7.68. The summed E-state index contributed by atoms with van der Waals surface area (Å²) in [6.07, 6.45) is 8.03. The van der Waals surface area contributed by atoms with Crippen molar-refractivity contribution in [2.75, 3.05) is 12.0 Å². The van der Waals surface area contributed by atoms with Crippen LogP contribution in [0.25, 0.3) is 0 Å². The number of aromatic hydroxyl groups is 2. The number of phenolic OH excluding ortho intramolecular Hbond substituents is 2. The molecule has 0 saturated carbocycles. The molecule has 3 N–H and O–H groups in total. The average molecular weight is 536 g/mol. The Kier molecular flexibility index (Phi) is 8.07. The fraction of sp³-hybridized carbons (Fsp3) is 0.419. The number of rotatable bonds is 9. The minimum Gasteiger partial charge on any atom is -0.508 e. The molecule has 0 radical (unpaired) electrons. The number of carboxylic acids is 1. The van der Waals surface area contributed by atoms with Crippen LogP contribution in [0.1, 0.15) is 85.2 Å². The molecule has 2 atom stereocenters. The van der Waals surface area contributed by atoms with E-state index in [1.165, 1.54) is 40.3 Å². The number of amides is 1. The quantitative estimate of drug-likeness (QED) is 0.330. The summed E-state index contributed by atoms with van der Waals surface area (Å²) in [5, 5.41) is 30.7. The van der Waals surface area contributed by atoms with Gasteiger partial charge in [-0.25, -0.2) is 4.79 Å². The van der Waals surface area contributed by atoms with Gasteiger partial charge in [0.25, 0.3) is 5.91 Å². The summed E-state index contributed by atoms with van der Waals surface area (Å²) in [4.78, 5) is 26.2. The molecule has 208 valence electrons. The highest BCUT2D eigenvalue weighted by atomic mass is 16.6. The van der Waals surface area contributed by atoms with Gasteiger partial charge >= 0.3 is 5.97 Å². The van der Waals surface area contributed by atoms with Crippen LogP contribution in [0.15, 0.2) is 47.6 Å². The maximum atomic E-state index is 13.4. The summed E-state index contributed by atoms with van der Waals surface area (Å²) in [5.74, 6) is -1.43. The second-order valence-corrected chi connectivity index (χ2v) is 10.9. The number of ether oxygens (including phenoxy) is 2. The molecule has 2 aromatic rings. The second-order valence-electron chi connectivity index (χ2n) is 10.9. The Labute approximate surface area is 229 Å². The highest BCUT2D eigenvalue weighted by Gasteiger charge is 2.45. The molecule has 0 aliphatic carbocycles. The zero-order valence-corrected chi connectivity index (χ0v) is 23.2. The lowest BCUT2D eigenvalue weighted by molar-refractivity contribution is -0.0803. The average Bonchev–Trinajstić information content (AvgIpc) is 3.19. The van der Waals surface area contributed by atoms with Crippen molar-refractivity contribution in [1.82, 2.24) is 0 Å². The summed E-state index contributed by atoms with van der Waals surface area (Å²) in [6, 6.07) is 5.23. The number of fused-ring (bicyclic) bond motifs is 3. The third kappa shape index (κ3) is 5.66. The summed E-state index contributed by atoms with van der Waals surface area (Å²) in [5.41, 5.74) is 3.39. The molecular weight excluding hydrogens is 498 g/mol. The molecule has 1 amide bonds. The number of carbonyl (C=O) groups excluding carboxylic acids is 1. The standard InChI is InChI=1S/C31H37NO7/c1-18(2)8-6-9-19(3)10-7-13-31(4)27(38-5)16-22-26(34)15-21-23(28(22)39-31)17-32(29(21)35)24-14-20(30(36)37)11-12-25(24)33/h8,10-12,14-15,27,33-34H,6-7,9,13,16-17H2,1-5H3,(H,36,37)/b19-10+/t27-,31-/m0/s1. The number of carbonyl (C=O) groups is 2. The number of aromatic carboxylic acids is 1. The molecule has 2 heterocycles. The number of allylic oxidation sites excluding steroid dienone is 4. The molecule has 39 heavy (non-hydrogen) atoms. The zero-order chi connectivity index (χ0) is 28.5. The maximum absolute atomic E-state index is 13.4. The number of phenols is 2. The van der Waals surface area contributed by atoms with E-state index in [0.717, 1.165) is 19.3 Å². The number of anilines is 1. The van der Waals surface area contributed by atoms with Crippen molar-refractivity contribution in [3.8, 4) is 17.2 Å². The van der Waals surface area contributed by atoms with Crippen molar-refractivity contribution in [3.63, 3.8) is 0 Å². The van der Waals surface area contributed by atoms with Crippen LogP contribution in [-0.2, 0) is 17.7 Å². The highest BCUT2D eigenvalue weighted by molar-refractivity contribution is 6.12. The summed E-state index contributed by atoms with van der Waals surface area (Å²) in [7, 11) is 1.63. The lowest BCUT2D eigenvalue weighted by atomic mass is 9.84. The first-order valence-electron chi connectivity index (χ1n) is 13.2. The first-order valence-corrected chi connectivity index (χ1v) is 13.2. The van der Waals surface area contributed by atoms with Crippen LogP contribution < -0.4 is 9.64 Å². The normalized spacial score (nSPS) is 20.3. The number of nitrogens with zero attached hydrogens (tertiary/aromatic N) is 1. The van der Waals surface area contributed by atoms with Crippen molar-refractivity contribution in [2.45, 2.75) is 78.0 Å². The van der Waals surface area contributed by atoms with E-state index in [1.54, 1.807) is 7.11 Å². The molecule has 0 fully saturated rings. The first-order chi connectivity index (χ1) is 18.4. The van der Waals surface area contributed by atoms with Gasteiger partial charge in [0.15, 0.2) is 0 Å². The lowest BCUT2D eigenvalue weighted by Crippen LogP contribution is -2.50. The summed E-state index contributed by atoms with van der Waals surface area (Å²) < 4.78 is 12.4. The van der Waals surface area contributed by atoms with Gasteiger partial charge in [-0.2, -0.15) is 0 Å². The van der Waals surface area contributed by atoms with E-state index < -0.39 is 17.5 Å². The van der Waals surface area contributed by atoms with E-state index in [2.05, 4.69) is 32.9 Å².